The first kappa shape index (κ1) is 12.0. The normalized spacial score (nSPS) is 10.1. The molecule has 0 radical (unpaired) electrons. The van der Waals surface area contributed by atoms with Gasteiger partial charge >= 0.3 is 5.97 Å². The number of ether oxygens (including phenoxy) is 2. The van der Waals surface area contributed by atoms with Crippen LogP contribution in [0.4, 0.5) is 0 Å². The minimum absolute atomic E-state index is 0.0953. The predicted molar refractivity (Wildman–Crippen MR) is 61.3 cm³/mol. The SMILES string of the molecule is CCn1cc(Oc2cncc(C(=O)OC)n2)cn1. The highest BCUT2D eigenvalue weighted by molar-refractivity contribution is 5.86. The minimum atomic E-state index is -0.558. The lowest BCUT2D eigenvalue weighted by Crippen LogP contribution is -2.05. The number of methoxy groups -OCH3 is 1. The summed E-state index contributed by atoms with van der Waals surface area (Å²) in [5, 5.41) is 4.06. The Hall–Kier alpha value is -2.44. The van der Waals surface area contributed by atoms with Gasteiger partial charge in [0.05, 0.1) is 31.9 Å². The molecule has 7 nitrogen and oxygen atoms in total. The van der Waals surface area contributed by atoms with Gasteiger partial charge in [0.15, 0.2) is 11.4 Å². The van der Waals surface area contributed by atoms with Gasteiger partial charge in [-0.3, -0.25) is 9.67 Å². The Morgan fingerprint density at radius 1 is 1.39 bits per heavy atom. The summed E-state index contributed by atoms with van der Waals surface area (Å²) in [5.41, 5.74) is 0.0953. The Labute approximate surface area is 103 Å². The number of esters is 1. The summed E-state index contributed by atoms with van der Waals surface area (Å²) >= 11 is 0. The van der Waals surface area contributed by atoms with Gasteiger partial charge in [0.2, 0.25) is 5.88 Å². The summed E-state index contributed by atoms with van der Waals surface area (Å²) in [4.78, 5) is 19.1. The van der Waals surface area contributed by atoms with Crippen LogP contribution in [0.1, 0.15) is 17.4 Å². The van der Waals surface area contributed by atoms with Crippen LogP contribution in [0.3, 0.4) is 0 Å². The summed E-state index contributed by atoms with van der Waals surface area (Å²) in [7, 11) is 1.28. The standard InChI is InChI=1S/C11H12N4O3/c1-3-15-7-8(4-13-15)18-10-6-12-5-9(14-10)11(16)17-2/h4-7H,3H2,1-2H3. The number of hydrogen-bond donors (Lipinski definition) is 0. The van der Waals surface area contributed by atoms with Crippen molar-refractivity contribution in [1.29, 1.82) is 0 Å². The quantitative estimate of drug-likeness (QED) is 0.758. The summed E-state index contributed by atoms with van der Waals surface area (Å²) in [6.45, 7) is 2.71. The number of aromatic nitrogens is 4. The van der Waals surface area contributed by atoms with Crippen molar-refractivity contribution >= 4 is 5.97 Å². The van der Waals surface area contributed by atoms with Gasteiger partial charge in [-0.2, -0.15) is 5.10 Å². The van der Waals surface area contributed by atoms with Crippen molar-refractivity contribution in [2.45, 2.75) is 13.5 Å². The molecule has 2 rings (SSSR count). The molecular formula is C11H12N4O3. The molecule has 0 aliphatic carbocycles. The van der Waals surface area contributed by atoms with Crippen LogP contribution in [-0.4, -0.2) is 32.8 Å². The zero-order valence-electron chi connectivity index (χ0n) is 10.0. The summed E-state index contributed by atoms with van der Waals surface area (Å²) in [5.74, 6) is 0.193. The molecule has 0 saturated heterocycles. The second-order valence-corrected chi connectivity index (χ2v) is 3.37. The van der Waals surface area contributed by atoms with Gasteiger partial charge < -0.3 is 9.47 Å². The fourth-order valence-electron chi connectivity index (χ4n) is 1.29. The van der Waals surface area contributed by atoms with Crippen molar-refractivity contribution in [3.05, 3.63) is 30.5 Å². The topological polar surface area (TPSA) is 79.1 Å². The molecule has 0 aromatic carbocycles. The molecule has 0 atom stereocenters. The van der Waals surface area contributed by atoms with Crippen LogP contribution in [0.15, 0.2) is 24.8 Å². The third kappa shape index (κ3) is 2.62. The Kier molecular flexibility index (Phi) is 3.52. The first-order chi connectivity index (χ1) is 8.72. The van der Waals surface area contributed by atoms with E-state index in [0.717, 1.165) is 6.54 Å². The molecule has 94 valence electrons. The Bertz CT molecular complexity index is 553. The van der Waals surface area contributed by atoms with Crippen LogP contribution in [0.5, 0.6) is 11.6 Å². The molecule has 18 heavy (non-hydrogen) atoms. The van der Waals surface area contributed by atoms with Crippen LogP contribution in [0.25, 0.3) is 0 Å². The van der Waals surface area contributed by atoms with E-state index in [1.54, 1.807) is 17.1 Å². The molecule has 0 fully saturated rings. The van der Waals surface area contributed by atoms with Crippen LogP contribution >= 0.6 is 0 Å². The average molecular weight is 248 g/mol. The molecule has 0 aliphatic heterocycles. The van der Waals surface area contributed by atoms with Gasteiger partial charge in [0, 0.05) is 6.54 Å². The molecule has 0 N–H and O–H groups in total. The van der Waals surface area contributed by atoms with Gasteiger partial charge in [0.1, 0.15) is 0 Å². The molecule has 7 heteroatoms. The van der Waals surface area contributed by atoms with E-state index < -0.39 is 5.97 Å². The molecule has 0 spiro atoms. The van der Waals surface area contributed by atoms with E-state index >= 15 is 0 Å². The van der Waals surface area contributed by atoms with Crippen molar-refractivity contribution in [3.63, 3.8) is 0 Å². The largest absolute Gasteiger partial charge is 0.464 e. The summed E-state index contributed by atoms with van der Waals surface area (Å²) < 4.78 is 11.7. The van der Waals surface area contributed by atoms with Gasteiger partial charge in [0.25, 0.3) is 0 Å². The Morgan fingerprint density at radius 3 is 2.89 bits per heavy atom. The first-order valence-electron chi connectivity index (χ1n) is 5.33. The maximum absolute atomic E-state index is 11.3. The van der Waals surface area contributed by atoms with Crippen LogP contribution < -0.4 is 4.74 Å². The monoisotopic (exact) mass is 248 g/mol. The number of carbonyl (C=O) groups is 1. The van der Waals surface area contributed by atoms with Crippen molar-refractivity contribution in [3.8, 4) is 11.6 Å². The average Bonchev–Trinajstić information content (AvgIpc) is 2.86. The first-order valence-corrected chi connectivity index (χ1v) is 5.33. The lowest BCUT2D eigenvalue weighted by Gasteiger charge is -2.02. The highest BCUT2D eigenvalue weighted by atomic mass is 16.5. The fraction of sp³-hybridized carbons (Fsp3) is 0.273. The van der Waals surface area contributed by atoms with Gasteiger partial charge in [-0.1, -0.05) is 0 Å². The van der Waals surface area contributed by atoms with E-state index in [4.69, 9.17) is 4.74 Å². The van der Waals surface area contributed by atoms with Crippen LogP contribution in [-0.2, 0) is 11.3 Å². The zero-order chi connectivity index (χ0) is 13.0. The third-order valence-electron chi connectivity index (χ3n) is 2.16. The highest BCUT2D eigenvalue weighted by Crippen LogP contribution is 2.17. The molecule has 2 heterocycles. The molecule has 0 saturated carbocycles. The lowest BCUT2D eigenvalue weighted by molar-refractivity contribution is 0.0592. The maximum atomic E-state index is 11.3. The maximum Gasteiger partial charge on any atom is 0.358 e. The van der Waals surface area contributed by atoms with Crippen molar-refractivity contribution in [1.82, 2.24) is 19.7 Å². The fourth-order valence-corrected chi connectivity index (χ4v) is 1.29. The minimum Gasteiger partial charge on any atom is -0.464 e. The molecule has 2 aromatic heterocycles. The number of nitrogens with zero attached hydrogens (tertiary/aromatic N) is 4. The smallest absolute Gasteiger partial charge is 0.358 e. The molecule has 0 aliphatic rings. The summed E-state index contributed by atoms with van der Waals surface area (Å²) in [6, 6.07) is 0. The van der Waals surface area contributed by atoms with E-state index in [1.807, 2.05) is 6.92 Å². The van der Waals surface area contributed by atoms with E-state index in [9.17, 15) is 4.79 Å². The number of carbonyl (C=O) groups excluding carboxylic acids is 1. The third-order valence-corrected chi connectivity index (χ3v) is 2.16. The Morgan fingerprint density at radius 2 is 2.22 bits per heavy atom. The van der Waals surface area contributed by atoms with E-state index in [2.05, 4.69) is 19.8 Å². The van der Waals surface area contributed by atoms with Gasteiger partial charge in [-0.25, -0.2) is 9.78 Å². The highest BCUT2D eigenvalue weighted by Gasteiger charge is 2.10. The number of rotatable bonds is 4. The van der Waals surface area contributed by atoms with E-state index in [0.29, 0.717) is 5.75 Å². The zero-order valence-corrected chi connectivity index (χ0v) is 10.0. The second kappa shape index (κ2) is 5.26. The molecule has 0 unspecified atom stereocenters. The van der Waals surface area contributed by atoms with E-state index in [1.165, 1.54) is 19.5 Å². The predicted octanol–water partition coefficient (Wildman–Crippen LogP) is 1.27. The molecule has 0 amide bonds. The molecular weight excluding hydrogens is 236 g/mol. The summed E-state index contributed by atoms with van der Waals surface area (Å²) in [6.07, 6.45) is 6.02. The van der Waals surface area contributed by atoms with Crippen molar-refractivity contribution < 1.29 is 14.3 Å². The number of hydrogen-bond acceptors (Lipinski definition) is 6. The van der Waals surface area contributed by atoms with Crippen molar-refractivity contribution in [2.24, 2.45) is 0 Å². The Balaban J connectivity index is 2.16. The van der Waals surface area contributed by atoms with E-state index in [-0.39, 0.29) is 11.6 Å². The number of aryl methyl sites for hydroxylation is 1. The lowest BCUT2D eigenvalue weighted by atomic mass is 10.4. The second-order valence-electron chi connectivity index (χ2n) is 3.37. The van der Waals surface area contributed by atoms with Gasteiger partial charge in [-0.05, 0) is 6.92 Å². The van der Waals surface area contributed by atoms with Crippen LogP contribution in [0, 0.1) is 0 Å². The van der Waals surface area contributed by atoms with Gasteiger partial charge in [-0.15, -0.1) is 0 Å². The molecule has 2 aromatic rings. The van der Waals surface area contributed by atoms with Crippen molar-refractivity contribution in [2.75, 3.05) is 7.11 Å². The molecule has 0 bridgehead atoms. The van der Waals surface area contributed by atoms with Crippen LogP contribution in [0.2, 0.25) is 0 Å².